The molecule has 0 spiro atoms. The van der Waals surface area contributed by atoms with Crippen LogP contribution < -0.4 is 17.0 Å². The summed E-state index contributed by atoms with van der Waals surface area (Å²) in [5.41, 5.74) is 10.4. The second kappa shape index (κ2) is 10.5. The molecule has 1 fully saturated rings. The fraction of sp³-hybridized carbons (Fsp3) is 0.353. The van der Waals surface area contributed by atoms with Crippen molar-refractivity contribution < 1.29 is 47.2 Å². The van der Waals surface area contributed by atoms with Crippen molar-refractivity contribution >= 4 is 49.7 Å². The largest absolute Gasteiger partial charge is 0.481 e. The summed E-state index contributed by atoms with van der Waals surface area (Å²) in [6.45, 7) is -1.63. The molecule has 0 saturated carbocycles. The molecule has 4 aromatic heterocycles. The van der Waals surface area contributed by atoms with Crippen LogP contribution in [0.1, 0.15) is 11.9 Å². The zero-order chi connectivity index (χ0) is 28.8. The van der Waals surface area contributed by atoms with Gasteiger partial charge in [-0.25, -0.2) is 34.0 Å². The van der Waals surface area contributed by atoms with E-state index < -0.39 is 59.0 Å². The van der Waals surface area contributed by atoms with Crippen LogP contribution in [0.25, 0.3) is 22.3 Å². The number of H-pyrrole nitrogens is 1. The number of nitrogens with zero attached hydrogens (tertiary/aromatic N) is 7. The van der Waals surface area contributed by atoms with Crippen molar-refractivity contribution in [1.82, 2.24) is 39.5 Å². The second-order valence-corrected chi connectivity index (χ2v) is 11.2. The Morgan fingerprint density at radius 1 is 1.02 bits per heavy atom. The van der Waals surface area contributed by atoms with Crippen molar-refractivity contribution in [1.29, 1.82) is 0 Å². The van der Waals surface area contributed by atoms with Gasteiger partial charge in [-0.3, -0.25) is 23.4 Å². The minimum absolute atomic E-state index is 0.0641. The van der Waals surface area contributed by atoms with Crippen molar-refractivity contribution in [3.8, 4) is 0 Å². The number of ether oxygens (including phenoxy) is 1. The van der Waals surface area contributed by atoms with Crippen LogP contribution in [-0.2, 0) is 33.8 Å². The van der Waals surface area contributed by atoms with Gasteiger partial charge in [0, 0.05) is 0 Å². The Morgan fingerprint density at radius 2 is 1.77 bits per heavy atom. The molecule has 5 rings (SSSR count). The van der Waals surface area contributed by atoms with Crippen molar-refractivity contribution in [3.05, 3.63) is 34.9 Å². The Bertz CT molecular complexity index is 1730. The van der Waals surface area contributed by atoms with Crippen LogP contribution in [0.4, 0.5) is 11.8 Å². The van der Waals surface area contributed by atoms with Gasteiger partial charge >= 0.3 is 15.6 Å². The fourth-order valence-electron chi connectivity index (χ4n) is 3.69. The van der Waals surface area contributed by atoms with Crippen LogP contribution >= 0.6 is 15.6 Å². The first-order chi connectivity index (χ1) is 18.8. The maximum absolute atomic E-state index is 12.3. The van der Waals surface area contributed by atoms with Crippen LogP contribution in [0.5, 0.6) is 0 Å². The summed E-state index contributed by atoms with van der Waals surface area (Å²) < 4.78 is 45.0. The monoisotopic (exact) mass is 602 g/mol. The number of aliphatic hydroxyl groups excluding tert-OH is 2. The number of anilines is 2. The number of nitrogen functional groups attached to an aromatic ring is 2. The zero-order valence-corrected chi connectivity index (χ0v) is 21.6. The first-order valence-corrected chi connectivity index (χ1v) is 13.9. The van der Waals surface area contributed by atoms with Gasteiger partial charge in [0.1, 0.15) is 36.8 Å². The lowest BCUT2D eigenvalue weighted by Gasteiger charge is -2.19. The molecule has 4 aromatic rings. The lowest BCUT2D eigenvalue weighted by atomic mass is 10.1. The van der Waals surface area contributed by atoms with Crippen molar-refractivity contribution in [2.45, 2.75) is 31.1 Å². The zero-order valence-electron chi connectivity index (χ0n) is 19.8. The van der Waals surface area contributed by atoms with Gasteiger partial charge < -0.3 is 36.2 Å². The number of aliphatic hydroxyl groups is 2. The molecular formula is C17H20N10O11P2. The fourth-order valence-corrected chi connectivity index (χ4v) is 5.74. The van der Waals surface area contributed by atoms with Crippen LogP contribution in [0.15, 0.2) is 23.6 Å². The Balaban J connectivity index is 1.20. The maximum Gasteiger partial charge on any atom is 0.481 e. The van der Waals surface area contributed by atoms with Crippen LogP contribution in [-0.4, -0.2) is 84.4 Å². The number of imidazole rings is 1. The van der Waals surface area contributed by atoms with Gasteiger partial charge in [0.2, 0.25) is 5.95 Å². The molecule has 0 aliphatic carbocycles. The van der Waals surface area contributed by atoms with Crippen molar-refractivity contribution in [3.63, 3.8) is 0 Å². The smallest absolute Gasteiger partial charge is 0.387 e. The first kappa shape index (κ1) is 28.1. The molecule has 1 aliphatic rings. The van der Waals surface area contributed by atoms with E-state index in [4.69, 9.17) is 20.7 Å². The minimum atomic E-state index is -5.29. The predicted octanol–water partition coefficient (Wildman–Crippen LogP) is -1.91. The number of hydrogen-bond acceptors (Lipinski definition) is 17. The van der Waals surface area contributed by atoms with Gasteiger partial charge in [0.15, 0.2) is 28.9 Å². The average Bonchev–Trinajstić information content (AvgIpc) is 3.43. The molecular weight excluding hydrogens is 582 g/mol. The predicted molar refractivity (Wildman–Crippen MR) is 130 cm³/mol. The molecule has 40 heavy (non-hydrogen) atoms. The molecule has 0 bridgehead atoms. The summed E-state index contributed by atoms with van der Waals surface area (Å²) >= 11 is 0. The van der Waals surface area contributed by atoms with E-state index in [0.717, 1.165) is 12.5 Å². The second-order valence-electron chi connectivity index (χ2n) is 8.20. The first-order valence-electron chi connectivity index (χ1n) is 11.0. The van der Waals surface area contributed by atoms with Crippen LogP contribution in [0, 0.1) is 0 Å². The van der Waals surface area contributed by atoms with Gasteiger partial charge in [0.25, 0.3) is 5.56 Å². The van der Waals surface area contributed by atoms with Crippen molar-refractivity contribution in [2.24, 2.45) is 0 Å². The third-order valence-electron chi connectivity index (χ3n) is 5.47. The van der Waals surface area contributed by atoms with E-state index in [1.54, 1.807) is 0 Å². The number of phosphoric ester groups is 2. The molecule has 5 heterocycles. The van der Waals surface area contributed by atoms with Crippen molar-refractivity contribution in [2.75, 3.05) is 18.1 Å². The molecule has 0 radical (unpaired) electrons. The van der Waals surface area contributed by atoms with E-state index in [0.29, 0.717) is 0 Å². The number of aromatic amines is 1. The highest BCUT2D eigenvalue weighted by molar-refractivity contribution is 7.61. The summed E-state index contributed by atoms with van der Waals surface area (Å²) in [7, 11) is -10.5. The molecule has 0 amide bonds. The SMILES string of the molecule is Nc1nc2ncc(COP(=O)(O)OP(=O)(O)OC[C@H]3O[C@@H](n4cnc5c(N)ncnc54)[C@H](O)[C@@H]3O)nc2c(=O)[nH]1. The van der Waals surface area contributed by atoms with Crippen LogP contribution in [0.2, 0.25) is 0 Å². The molecule has 2 unspecified atom stereocenters. The van der Waals surface area contributed by atoms with E-state index in [1.807, 2.05) is 0 Å². The number of aromatic nitrogens is 8. The third-order valence-corrected chi connectivity index (χ3v) is 8.05. The maximum atomic E-state index is 12.3. The molecule has 214 valence electrons. The molecule has 1 aliphatic heterocycles. The topological polar surface area (TPSA) is 319 Å². The Kier molecular flexibility index (Phi) is 7.35. The summed E-state index contributed by atoms with van der Waals surface area (Å²) in [5.74, 6) is -0.132. The highest BCUT2D eigenvalue weighted by Gasteiger charge is 2.46. The molecule has 1 saturated heterocycles. The lowest BCUT2D eigenvalue weighted by Crippen LogP contribution is -2.33. The summed E-state index contributed by atoms with van der Waals surface area (Å²) in [5, 5.41) is 20.8. The lowest BCUT2D eigenvalue weighted by molar-refractivity contribution is -0.0504. The number of fused-ring (bicyclic) bond motifs is 2. The summed E-state index contributed by atoms with van der Waals surface area (Å²) in [6.07, 6.45) is -2.38. The van der Waals surface area contributed by atoms with Gasteiger partial charge in [0.05, 0.1) is 24.8 Å². The molecule has 23 heteroatoms. The molecule has 9 N–H and O–H groups in total. The number of phosphoric acid groups is 2. The van der Waals surface area contributed by atoms with E-state index in [1.165, 1.54) is 10.9 Å². The highest BCUT2D eigenvalue weighted by Crippen LogP contribution is 2.60. The average molecular weight is 602 g/mol. The quantitative estimate of drug-likeness (QED) is 0.103. The molecule has 0 aromatic carbocycles. The highest BCUT2D eigenvalue weighted by atomic mass is 31.3. The van der Waals surface area contributed by atoms with Gasteiger partial charge in [-0.1, -0.05) is 0 Å². The number of nitrogens with two attached hydrogens (primary N) is 2. The molecule has 6 atom stereocenters. The Labute approximate surface area is 221 Å². The Morgan fingerprint density at radius 3 is 2.55 bits per heavy atom. The normalized spacial score (nSPS) is 24.3. The van der Waals surface area contributed by atoms with Crippen LogP contribution in [0.3, 0.4) is 0 Å². The standard InChI is InChI=1S/C17H20N10O11P2/c18-12-8-14(22-4-21-12)27(5-23-8)16-11(29)10(28)7(37-16)3-36-40(33,34)38-39(31,32)35-2-6-1-20-13-9(24-6)15(30)26-17(19)25-13/h1,4-5,7,10-11,16,28-29H,2-3H2,(H,31,32)(H,33,34)(H2,18,21,22)(H3,19,20,25,26,30)/t7-,10-,11-,16-/m1/s1. The third kappa shape index (κ3) is 5.69. The van der Waals surface area contributed by atoms with Gasteiger partial charge in [-0.2, -0.15) is 9.29 Å². The van der Waals surface area contributed by atoms with E-state index in [2.05, 4.69) is 43.7 Å². The van der Waals surface area contributed by atoms with E-state index >= 15 is 0 Å². The van der Waals surface area contributed by atoms with Gasteiger partial charge in [-0.05, 0) is 0 Å². The van der Waals surface area contributed by atoms with E-state index in [-0.39, 0.29) is 39.8 Å². The van der Waals surface area contributed by atoms with E-state index in [9.17, 15) is 33.9 Å². The number of nitrogens with one attached hydrogen (secondary N) is 1. The Hall–Kier alpha value is -3.49. The summed E-state index contributed by atoms with van der Waals surface area (Å²) in [4.78, 5) is 57.3. The number of rotatable bonds is 9. The molecule has 21 nitrogen and oxygen atoms in total. The van der Waals surface area contributed by atoms with Gasteiger partial charge in [-0.15, -0.1) is 0 Å². The number of hydrogen-bond donors (Lipinski definition) is 7. The summed E-state index contributed by atoms with van der Waals surface area (Å²) in [6, 6.07) is 0. The minimum Gasteiger partial charge on any atom is -0.387 e.